The highest BCUT2D eigenvalue weighted by Gasteiger charge is 2.22. The molecule has 0 amide bonds. The number of para-hydroxylation sites is 1. The summed E-state index contributed by atoms with van der Waals surface area (Å²) in [6.45, 7) is 2.59. The van der Waals surface area contributed by atoms with E-state index in [-0.39, 0.29) is 11.5 Å². The van der Waals surface area contributed by atoms with Crippen molar-refractivity contribution in [3.63, 3.8) is 0 Å². The Morgan fingerprint density at radius 1 is 1.07 bits per heavy atom. The molecule has 2 aromatic carbocycles. The minimum Gasteiger partial charge on any atom is -0.497 e. The lowest BCUT2D eigenvalue weighted by Crippen LogP contribution is -2.33. The second-order valence-electron chi connectivity index (χ2n) is 7.57. The average Bonchev–Trinajstić information content (AvgIpc) is 3.29. The Kier molecular flexibility index (Phi) is 6.35. The Balaban J connectivity index is 1.63. The molecule has 0 aliphatic carbocycles. The van der Waals surface area contributed by atoms with Gasteiger partial charge in [0, 0.05) is 37.4 Å². The van der Waals surface area contributed by atoms with Crippen molar-refractivity contribution in [3.05, 3.63) is 70.1 Å². The maximum atomic E-state index is 13.0. The summed E-state index contributed by atoms with van der Waals surface area (Å²) in [5.41, 5.74) is 2.24. The van der Waals surface area contributed by atoms with E-state index in [4.69, 9.17) is 18.6 Å². The number of benzene rings is 2. The Bertz CT molecular complexity index is 1050. The third kappa shape index (κ3) is 4.50. The van der Waals surface area contributed by atoms with Gasteiger partial charge >= 0.3 is 0 Å². The largest absolute Gasteiger partial charge is 0.497 e. The second-order valence-corrected chi connectivity index (χ2v) is 7.57. The fourth-order valence-corrected chi connectivity index (χ4v) is 3.98. The molecule has 4 rings (SSSR count). The molecule has 6 nitrogen and oxygen atoms in total. The summed E-state index contributed by atoms with van der Waals surface area (Å²) in [6.07, 6.45) is 3.83. The molecule has 0 radical (unpaired) electrons. The Morgan fingerprint density at radius 3 is 2.67 bits per heavy atom. The van der Waals surface area contributed by atoms with Gasteiger partial charge in [-0.2, -0.15) is 0 Å². The molecule has 30 heavy (non-hydrogen) atoms. The topological polar surface area (TPSA) is 61.1 Å². The molecule has 1 atom stereocenters. The van der Waals surface area contributed by atoms with Gasteiger partial charge in [0.1, 0.15) is 17.1 Å². The first kappa shape index (κ1) is 20.4. The fourth-order valence-electron chi connectivity index (χ4n) is 3.98. The minimum absolute atomic E-state index is 0.00629. The highest BCUT2D eigenvalue weighted by molar-refractivity contribution is 5.76. The number of hydrogen-bond donors (Lipinski definition) is 0. The average molecular weight is 409 g/mol. The van der Waals surface area contributed by atoms with Gasteiger partial charge in [0.15, 0.2) is 5.43 Å². The van der Waals surface area contributed by atoms with Crippen LogP contribution < -0.4 is 14.9 Å². The molecule has 0 spiro atoms. The van der Waals surface area contributed by atoms with Crippen molar-refractivity contribution in [1.82, 2.24) is 4.90 Å². The van der Waals surface area contributed by atoms with E-state index in [0.29, 0.717) is 29.6 Å². The molecule has 158 valence electrons. The lowest BCUT2D eigenvalue weighted by Gasteiger charge is -2.26. The summed E-state index contributed by atoms with van der Waals surface area (Å²) >= 11 is 0. The van der Waals surface area contributed by atoms with Gasteiger partial charge in [-0.25, -0.2) is 0 Å². The van der Waals surface area contributed by atoms with Crippen molar-refractivity contribution in [2.24, 2.45) is 0 Å². The van der Waals surface area contributed by atoms with Crippen LogP contribution >= 0.6 is 0 Å². The third-order valence-corrected chi connectivity index (χ3v) is 5.51. The Labute approximate surface area is 176 Å². The Hall–Kier alpha value is -2.83. The maximum Gasteiger partial charge on any atom is 0.197 e. The first-order valence-corrected chi connectivity index (χ1v) is 10.2. The molecule has 6 heteroatoms. The van der Waals surface area contributed by atoms with Crippen molar-refractivity contribution < 1.29 is 18.6 Å². The molecule has 1 fully saturated rings. The summed E-state index contributed by atoms with van der Waals surface area (Å²) in [4.78, 5) is 15.2. The monoisotopic (exact) mass is 409 g/mol. The van der Waals surface area contributed by atoms with Crippen molar-refractivity contribution in [2.75, 3.05) is 27.4 Å². The highest BCUT2D eigenvalue weighted by Crippen LogP contribution is 2.27. The molecule has 0 N–H and O–H groups in total. The van der Waals surface area contributed by atoms with E-state index in [1.54, 1.807) is 26.5 Å². The number of nitrogens with zero attached hydrogens (tertiary/aromatic N) is 1. The minimum atomic E-state index is 0.00629. The standard InChI is InChI=1S/C24H27NO5/c1-27-19-9-10-22(28-2)17(12-19)13-25(15-20-6-5-11-29-20)14-18-16-30-23-8-4-3-7-21(23)24(18)26/h3-4,7-10,12,16,20H,5-6,11,13-15H2,1-2H3/t20-/m0/s1. The van der Waals surface area contributed by atoms with Gasteiger partial charge in [0.2, 0.25) is 0 Å². The van der Waals surface area contributed by atoms with Crippen LogP contribution in [0.25, 0.3) is 11.0 Å². The third-order valence-electron chi connectivity index (χ3n) is 5.51. The van der Waals surface area contributed by atoms with E-state index in [0.717, 1.165) is 43.1 Å². The number of rotatable bonds is 8. The van der Waals surface area contributed by atoms with Crippen LogP contribution in [0.3, 0.4) is 0 Å². The van der Waals surface area contributed by atoms with Gasteiger partial charge in [0.05, 0.1) is 32.0 Å². The van der Waals surface area contributed by atoms with Crippen LogP contribution in [0.15, 0.2) is 57.9 Å². The SMILES string of the molecule is COc1ccc(OC)c(CN(Cc2coc3ccccc3c2=O)C[C@@H]2CCCO2)c1. The molecule has 1 aliphatic heterocycles. The zero-order chi connectivity index (χ0) is 20.9. The lowest BCUT2D eigenvalue weighted by molar-refractivity contribution is 0.0673. The normalized spacial score (nSPS) is 16.3. The second kappa shape index (κ2) is 9.32. The van der Waals surface area contributed by atoms with Crippen molar-refractivity contribution in [2.45, 2.75) is 32.0 Å². The van der Waals surface area contributed by atoms with Crippen molar-refractivity contribution in [3.8, 4) is 11.5 Å². The van der Waals surface area contributed by atoms with E-state index in [1.807, 2.05) is 36.4 Å². The van der Waals surface area contributed by atoms with Crippen LogP contribution in [0, 0.1) is 0 Å². The first-order chi connectivity index (χ1) is 14.7. The molecule has 3 aromatic rings. The van der Waals surface area contributed by atoms with E-state index < -0.39 is 0 Å². The van der Waals surface area contributed by atoms with Crippen LogP contribution in [0.1, 0.15) is 24.0 Å². The molecular formula is C24H27NO5. The summed E-state index contributed by atoms with van der Waals surface area (Å²) in [5.74, 6) is 1.56. The van der Waals surface area contributed by atoms with Gasteiger partial charge < -0.3 is 18.6 Å². The predicted molar refractivity (Wildman–Crippen MR) is 115 cm³/mol. The summed E-state index contributed by atoms with van der Waals surface area (Å²) < 4.78 is 22.5. The molecule has 1 aromatic heterocycles. The number of ether oxygens (including phenoxy) is 3. The summed E-state index contributed by atoms with van der Waals surface area (Å²) in [7, 11) is 3.31. The van der Waals surface area contributed by atoms with Gasteiger partial charge in [-0.1, -0.05) is 12.1 Å². The molecule has 0 bridgehead atoms. The Morgan fingerprint density at radius 2 is 1.90 bits per heavy atom. The first-order valence-electron chi connectivity index (χ1n) is 10.2. The maximum absolute atomic E-state index is 13.0. The van der Waals surface area contributed by atoms with Crippen LogP contribution in [0.5, 0.6) is 11.5 Å². The molecule has 2 heterocycles. The van der Waals surface area contributed by atoms with Gasteiger partial charge in [-0.15, -0.1) is 0 Å². The van der Waals surface area contributed by atoms with Gasteiger partial charge in [-0.05, 0) is 43.2 Å². The smallest absolute Gasteiger partial charge is 0.197 e. The predicted octanol–water partition coefficient (Wildman–Crippen LogP) is 3.99. The number of fused-ring (bicyclic) bond motifs is 1. The zero-order valence-corrected chi connectivity index (χ0v) is 17.4. The van der Waals surface area contributed by atoms with Crippen LogP contribution in [-0.2, 0) is 17.8 Å². The van der Waals surface area contributed by atoms with Crippen LogP contribution in [0.4, 0.5) is 0 Å². The van der Waals surface area contributed by atoms with Crippen molar-refractivity contribution >= 4 is 11.0 Å². The molecular weight excluding hydrogens is 382 g/mol. The van der Waals surface area contributed by atoms with E-state index >= 15 is 0 Å². The van der Waals surface area contributed by atoms with E-state index in [2.05, 4.69) is 4.90 Å². The van der Waals surface area contributed by atoms with Crippen molar-refractivity contribution in [1.29, 1.82) is 0 Å². The number of methoxy groups -OCH3 is 2. The van der Waals surface area contributed by atoms with E-state index in [9.17, 15) is 4.79 Å². The number of hydrogen-bond acceptors (Lipinski definition) is 6. The van der Waals surface area contributed by atoms with E-state index in [1.165, 1.54) is 0 Å². The van der Waals surface area contributed by atoms with Gasteiger partial charge in [0.25, 0.3) is 0 Å². The van der Waals surface area contributed by atoms with Gasteiger partial charge in [-0.3, -0.25) is 9.69 Å². The molecule has 1 saturated heterocycles. The fraction of sp³-hybridized carbons (Fsp3) is 0.375. The van der Waals surface area contributed by atoms with Crippen LogP contribution in [0.2, 0.25) is 0 Å². The molecule has 0 saturated carbocycles. The molecule has 0 unspecified atom stereocenters. The van der Waals surface area contributed by atoms with Crippen LogP contribution in [-0.4, -0.2) is 38.4 Å². The lowest BCUT2D eigenvalue weighted by atomic mass is 10.1. The highest BCUT2D eigenvalue weighted by atomic mass is 16.5. The molecule has 1 aliphatic rings. The summed E-state index contributed by atoms with van der Waals surface area (Å²) in [6, 6.07) is 13.1. The summed E-state index contributed by atoms with van der Waals surface area (Å²) in [5, 5.41) is 0.603. The quantitative estimate of drug-likeness (QED) is 0.561. The zero-order valence-electron chi connectivity index (χ0n) is 17.4.